The average Bonchev–Trinajstić information content (AvgIpc) is 3.13. The Bertz CT molecular complexity index is 833. The molecule has 0 radical (unpaired) electrons. The number of anilines is 3. The summed E-state index contributed by atoms with van der Waals surface area (Å²) < 4.78 is 1.46. The molecule has 0 fully saturated rings. The smallest absolute Gasteiger partial charge is 0.241 e. The zero-order valence-corrected chi connectivity index (χ0v) is 14.3. The van der Waals surface area contributed by atoms with Gasteiger partial charge in [0.05, 0.1) is 0 Å². The van der Waals surface area contributed by atoms with Crippen LogP contribution in [0, 0.1) is 6.92 Å². The summed E-state index contributed by atoms with van der Waals surface area (Å²) in [5, 5.41) is 21.0. The monoisotopic (exact) mass is 353 g/mol. The predicted octanol–water partition coefficient (Wildman–Crippen LogP) is 0.743. The second kappa shape index (κ2) is 8.51. The summed E-state index contributed by atoms with van der Waals surface area (Å²) in [6.07, 6.45) is 4.62. The van der Waals surface area contributed by atoms with E-state index >= 15 is 0 Å². The molecule has 0 aliphatic carbocycles. The normalized spacial score (nSPS) is 10.3. The highest BCUT2D eigenvalue weighted by molar-refractivity contribution is 5.75. The van der Waals surface area contributed by atoms with Crippen LogP contribution in [-0.4, -0.2) is 48.9 Å². The highest BCUT2D eigenvalue weighted by atomic mass is 16.2. The zero-order chi connectivity index (χ0) is 18.2. The lowest BCUT2D eigenvalue weighted by Crippen LogP contribution is -2.31. The van der Waals surface area contributed by atoms with Crippen LogP contribution in [0.1, 0.15) is 5.56 Å². The molecule has 0 unspecified atom stereocenters. The van der Waals surface area contributed by atoms with E-state index in [1.807, 2.05) is 31.2 Å². The molecular formula is C16H19N9O. The van der Waals surface area contributed by atoms with E-state index in [4.69, 9.17) is 0 Å². The SMILES string of the molecule is Cc1ccnc(Nc2ccc(NCCNC(=O)Cn3cncn3)nn2)c1. The van der Waals surface area contributed by atoms with Crippen LogP contribution in [0.4, 0.5) is 17.5 Å². The predicted molar refractivity (Wildman–Crippen MR) is 95.8 cm³/mol. The van der Waals surface area contributed by atoms with Crippen LogP contribution in [0.3, 0.4) is 0 Å². The second-order valence-corrected chi connectivity index (χ2v) is 5.52. The molecule has 3 aromatic rings. The van der Waals surface area contributed by atoms with Crippen LogP contribution in [0.25, 0.3) is 0 Å². The summed E-state index contributed by atoms with van der Waals surface area (Å²) in [5.41, 5.74) is 1.11. The molecule has 3 N–H and O–H groups in total. The highest BCUT2D eigenvalue weighted by Crippen LogP contribution is 2.13. The number of carbonyl (C=O) groups is 1. The number of aromatic nitrogens is 6. The topological polar surface area (TPSA) is 123 Å². The number of hydrogen-bond donors (Lipinski definition) is 3. The van der Waals surface area contributed by atoms with E-state index in [1.165, 1.54) is 17.3 Å². The number of amides is 1. The molecule has 3 rings (SSSR count). The summed E-state index contributed by atoms with van der Waals surface area (Å²) in [4.78, 5) is 19.7. The van der Waals surface area contributed by atoms with E-state index in [0.29, 0.717) is 24.7 Å². The number of pyridine rings is 1. The maximum atomic E-state index is 11.7. The third kappa shape index (κ3) is 5.23. The van der Waals surface area contributed by atoms with Gasteiger partial charge in [0.25, 0.3) is 0 Å². The Hall–Kier alpha value is -3.56. The fraction of sp³-hybridized carbons (Fsp3) is 0.250. The maximum Gasteiger partial charge on any atom is 0.241 e. The molecule has 10 heteroatoms. The van der Waals surface area contributed by atoms with E-state index in [1.54, 1.807) is 6.20 Å². The molecule has 3 heterocycles. The number of rotatable bonds is 8. The standard InChI is InChI=1S/C16H19N9O/c1-12-4-5-18-15(8-12)22-14-3-2-13(23-24-14)19-6-7-20-16(26)9-25-11-17-10-21-25/h2-5,8,10-11H,6-7,9H2,1H3,(H,19,23)(H,20,26)(H,18,22,24). The van der Waals surface area contributed by atoms with E-state index in [9.17, 15) is 4.79 Å². The van der Waals surface area contributed by atoms with E-state index < -0.39 is 0 Å². The average molecular weight is 353 g/mol. The van der Waals surface area contributed by atoms with Crippen LogP contribution in [-0.2, 0) is 11.3 Å². The van der Waals surface area contributed by atoms with Crippen LogP contribution < -0.4 is 16.0 Å². The van der Waals surface area contributed by atoms with Crippen molar-refractivity contribution in [2.75, 3.05) is 23.7 Å². The molecule has 1 amide bonds. The maximum absolute atomic E-state index is 11.7. The first-order valence-corrected chi connectivity index (χ1v) is 8.05. The van der Waals surface area contributed by atoms with Crippen molar-refractivity contribution < 1.29 is 4.79 Å². The molecule has 0 aliphatic heterocycles. The summed E-state index contributed by atoms with van der Waals surface area (Å²) in [6.45, 7) is 3.13. The van der Waals surface area contributed by atoms with Gasteiger partial charge in [0, 0.05) is 19.3 Å². The van der Waals surface area contributed by atoms with Gasteiger partial charge in [0.15, 0.2) is 5.82 Å². The molecular weight excluding hydrogens is 334 g/mol. The largest absolute Gasteiger partial charge is 0.367 e. The number of nitrogens with one attached hydrogen (secondary N) is 3. The van der Waals surface area contributed by atoms with Crippen molar-refractivity contribution in [3.05, 3.63) is 48.7 Å². The Morgan fingerprint density at radius 1 is 1.12 bits per heavy atom. The Balaban J connectivity index is 1.39. The van der Waals surface area contributed by atoms with E-state index in [2.05, 4.69) is 41.2 Å². The van der Waals surface area contributed by atoms with Gasteiger partial charge >= 0.3 is 0 Å². The third-order valence-electron chi connectivity index (χ3n) is 3.36. The van der Waals surface area contributed by atoms with Gasteiger partial charge in [-0.15, -0.1) is 10.2 Å². The molecule has 0 aromatic carbocycles. The highest BCUT2D eigenvalue weighted by Gasteiger charge is 2.03. The molecule has 0 aliphatic rings. The Morgan fingerprint density at radius 2 is 1.96 bits per heavy atom. The summed E-state index contributed by atoms with van der Waals surface area (Å²) in [6, 6.07) is 7.47. The van der Waals surface area contributed by atoms with Crippen molar-refractivity contribution >= 4 is 23.4 Å². The zero-order valence-electron chi connectivity index (χ0n) is 14.3. The van der Waals surface area contributed by atoms with Gasteiger partial charge in [-0.1, -0.05) is 0 Å². The molecule has 0 atom stereocenters. The van der Waals surface area contributed by atoms with Gasteiger partial charge < -0.3 is 16.0 Å². The fourth-order valence-corrected chi connectivity index (χ4v) is 2.14. The lowest BCUT2D eigenvalue weighted by molar-refractivity contribution is -0.121. The first-order chi connectivity index (χ1) is 12.7. The minimum Gasteiger partial charge on any atom is -0.367 e. The Labute approximate surface area is 150 Å². The molecule has 0 bridgehead atoms. The minimum atomic E-state index is -0.131. The molecule has 0 spiro atoms. The van der Waals surface area contributed by atoms with Crippen LogP contribution in [0.5, 0.6) is 0 Å². The lowest BCUT2D eigenvalue weighted by atomic mass is 10.3. The first kappa shape index (κ1) is 17.3. The van der Waals surface area contributed by atoms with Gasteiger partial charge in [-0.25, -0.2) is 14.6 Å². The van der Waals surface area contributed by atoms with Crippen molar-refractivity contribution in [1.82, 2.24) is 35.3 Å². The van der Waals surface area contributed by atoms with Gasteiger partial charge in [-0.3, -0.25) is 4.79 Å². The molecule has 10 nitrogen and oxygen atoms in total. The van der Waals surface area contributed by atoms with Crippen molar-refractivity contribution in [3.63, 3.8) is 0 Å². The Kier molecular flexibility index (Phi) is 5.65. The van der Waals surface area contributed by atoms with Crippen molar-refractivity contribution in [2.45, 2.75) is 13.5 Å². The lowest BCUT2D eigenvalue weighted by Gasteiger charge is -2.08. The van der Waals surface area contributed by atoms with Crippen LogP contribution >= 0.6 is 0 Å². The molecule has 0 saturated carbocycles. The third-order valence-corrected chi connectivity index (χ3v) is 3.36. The number of nitrogens with zero attached hydrogens (tertiary/aromatic N) is 6. The van der Waals surface area contributed by atoms with Crippen molar-refractivity contribution in [3.8, 4) is 0 Å². The molecule has 0 saturated heterocycles. The van der Waals surface area contributed by atoms with Crippen LogP contribution in [0.2, 0.25) is 0 Å². The van der Waals surface area contributed by atoms with E-state index in [0.717, 1.165) is 11.4 Å². The van der Waals surface area contributed by atoms with Gasteiger partial charge in [0.2, 0.25) is 5.91 Å². The van der Waals surface area contributed by atoms with Gasteiger partial charge in [0.1, 0.15) is 30.8 Å². The number of carbonyl (C=O) groups excluding carboxylic acids is 1. The van der Waals surface area contributed by atoms with Crippen LogP contribution in [0.15, 0.2) is 43.1 Å². The van der Waals surface area contributed by atoms with Gasteiger partial charge in [-0.2, -0.15) is 5.10 Å². The minimum absolute atomic E-state index is 0.131. The van der Waals surface area contributed by atoms with Crippen molar-refractivity contribution in [2.24, 2.45) is 0 Å². The van der Waals surface area contributed by atoms with E-state index in [-0.39, 0.29) is 12.5 Å². The quantitative estimate of drug-likeness (QED) is 0.507. The van der Waals surface area contributed by atoms with Gasteiger partial charge in [-0.05, 0) is 36.8 Å². The first-order valence-electron chi connectivity index (χ1n) is 8.05. The number of aryl methyl sites for hydroxylation is 1. The summed E-state index contributed by atoms with van der Waals surface area (Å²) in [5.74, 6) is 1.82. The molecule has 134 valence electrons. The molecule has 26 heavy (non-hydrogen) atoms. The second-order valence-electron chi connectivity index (χ2n) is 5.52. The fourth-order valence-electron chi connectivity index (χ4n) is 2.14. The summed E-state index contributed by atoms with van der Waals surface area (Å²) in [7, 11) is 0. The summed E-state index contributed by atoms with van der Waals surface area (Å²) >= 11 is 0. The number of hydrogen-bond acceptors (Lipinski definition) is 8. The molecule has 3 aromatic heterocycles. The Morgan fingerprint density at radius 3 is 2.69 bits per heavy atom. The van der Waals surface area contributed by atoms with Crippen molar-refractivity contribution in [1.29, 1.82) is 0 Å².